The maximum Gasteiger partial charge on any atom is 0.387 e. The van der Waals surface area contributed by atoms with Gasteiger partial charge in [0.1, 0.15) is 5.75 Å². The zero-order valence-corrected chi connectivity index (χ0v) is 11.6. The SMILES string of the molecule is FC(F)Oc1cccc(Cl)c1-c1cccc(Cl)c1Cl. The highest BCUT2D eigenvalue weighted by molar-refractivity contribution is 6.44. The molecule has 6 heteroatoms. The van der Waals surface area contributed by atoms with Crippen molar-refractivity contribution in [3.63, 3.8) is 0 Å². The lowest BCUT2D eigenvalue weighted by Gasteiger charge is -2.14. The largest absolute Gasteiger partial charge is 0.434 e. The molecule has 2 rings (SSSR count). The number of ether oxygens (including phenoxy) is 1. The highest BCUT2D eigenvalue weighted by atomic mass is 35.5. The topological polar surface area (TPSA) is 9.23 Å². The molecular formula is C13H7Cl3F2O. The van der Waals surface area contributed by atoms with Crippen molar-refractivity contribution in [3.8, 4) is 16.9 Å². The Balaban J connectivity index is 2.63. The standard InChI is InChI=1S/C13H7Cl3F2O/c14-8-4-2-6-10(19-13(17)18)11(8)7-3-1-5-9(15)12(7)16/h1-6,13H. The minimum absolute atomic E-state index is 0.0494. The quantitative estimate of drug-likeness (QED) is 0.681. The Labute approximate surface area is 123 Å². The lowest BCUT2D eigenvalue weighted by molar-refractivity contribution is -0.0494. The first kappa shape index (κ1) is 14.4. The smallest absolute Gasteiger partial charge is 0.387 e. The van der Waals surface area contributed by atoms with E-state index in [0.717, 1.165) is 0 Å². The summed E-state index contributed by atoms with van der Waals surface area (Å²) in [6.45, 7) is -2.95. The maximum atomic E-state index is 12.4. The van der Waals surface area contributed by atoms with Crippen LogP contribution in [-0.4, -0.2) is 6.61 Å². The van der Waals surface area contributed by atoms with Gasteiger partial charge in [0.25, 0.3) is 0 Å². The molecule has 0 aliphatic carbocycles. The van der Waals surface area contributed by atoms with Gasteiger partial charge >= 0.3 is 6.61 Å². The molecule has 2 aromatic carbocycles. The minimum Gasteiger partial charge on any atom is -0.434 e. The third-order valence-electron chi connectivity index (χ3n) is 2.41. The number of rotatable bonds is 3. The van der Waals surface area contributed by atoms with E-state index >= 15 is 0 Å². The summed E-state index contributed by atoms with van der Waals surface area (Å²) in [5, 5.41) is 0.792. The Hall–Kier alpha value is -1.03. The van der Waals surface area contributed by atoms with Crippen LogP contribution >= 0.6 is 34.8 Å². The number of benzene rings is 2. The molecule has 2 aromatic rings. The van der Waals surface area contributed by atoms with E-state index in [1.807, 2.05) is 0 Å². The molecule has 0 aliphatic heterocycles. The maximum absolute atomic E-state index is 12.4. The first-order valence-corrected chi connectivity index (χ1v) is 6.32. The van der Waals surface area contributed by atoms with Crippen molar-refractivity contribution >= 4 is 34.8 Å². The minimum atomic E-state index is -2.95. The normalized spacial score (nSPS) is 10.8. The molecule has 0 N–H and O–H groups in total. The fraction of sp³-hybridized carbons (Fsp3) is 0.0769. The third-order valence-corrected chi connectivity index (χ3v) is 3.55. The summed E-state index contributed by atoms with van der Waals surface area (Å²) in [4.78, 5) is 0. The van der Waals surface area contributed by atoms with Gasteiger partial charge in [0.15, 0.2) is 0 Å². The average Bonchev–Trinajstić information content (AvgIpc) is 2.33. The number of alkyl halides is 2. The molecule has 0 aromatic heterocycles. The molecule has 19 heavy (non-hydrogen) atoms. The first-order valence-electron chi connectivity index (χ1n) is 5.18. The highest BCUT2D eigenvalue weighted by Crippen LogP contribution is 2.42. The fourth-order valence-corrected chi connectivity index (χ4v) is 2.32. The van der Waals surface area contributed by atoms with E-state index in [9.17, 15) is 8.78 Å². The van der Waals surface area contributed by atoms with Crippen LogP contribution in [0.15, 0.2) is 36.4 Å². The van der Waals surface area contributed by atoms with Gasteiger partial charge in [-0.05, 0) is 18.2 Å². The second-order valence-electron chi connectivity index (χ2n) is 3.59. The summed E-state index contributed by atoms with van der Waals surface area (Å²) in [6, 6.07) is 9.35. The van der Waals surface area contributed by atoms with Crippen molar-refractivity contribution < 1.29 is 13.5 Å². The van der Waals surface area contributed by atoms with Crippen LogP contribution in [-0.2, 0) is 0 Å². The van der Waals surface area contributed by atoms with E-state index in [1.165, 1.54) is 12.1 Å². The average molecular weight is 324 g/mol. The van der Waals surface area contributed by atoms with Gasteiger partial charge in [0.05, 0.1) is 15.1 Å². The predicted molar refractivity (Wildman–Crippen MR) is 73.5 cm³/mol. The number of hydrogen-bond donors (Lipinski definition) is 0. The van der Waals surface area contributed by atoms with Crippen LogP contribution in [0, 0.1) is 0 Å². The molecule has 0 aliphatic rings. The zero-order valence-electron chi connectivity index (χ0n) is 9.34. The van der Waals surface area contributed by atoms with E-state index in [2.05, 4.69) is 4.74 Å². The summed E-state index contributed by atoms with van der Waals surface area (Å²) in [5.74, 6) is -0.0494. The van der Waals surface area contributed by atoms with Crippen molar-refractivity contribution in [2.45, 2.75) is 6.61 Å². The molecular weight excluding hydrogens is 316 g/mol. The van der Waals surface area contributed by atoms with Crippen molar-refractivity contribution in [1.29, 1.82) is 0 Å². The second-order valence-corrected chi connectivity index (χ2v) is 4.79. The van der Waals surface area contributed by atoms with Gasteiger partial charge in [-0.3, -0.25) is 0 Å². The lowest BCUT2D eigenvalue weighted by Crippen LogP contribution is -2.03. The fourth-order valence-electron chi connectivity index (χ4n) is 1.66. The molecule has 100 valence electrons. The molecule has 0 saturated heterocycles. The van der Waals surface area contributed by atoms with E-state index in [0.29, 0.717) is 10.6 Å². The highest BCUT2D eigenvalue weighted by Gasteiger charge is 2.17. The molecule has 0 atom stereocenters. The Kier molecular flexibility index (Phi) is 4.50. The summed E-state index contributed by atoms with van der Waals surface area (Å²) in [5.41, 5.74) is 0.729. The van der Waals surface area contributed by atoms with Gasteiger partial charge in [-0.15, -0.1) is 0 Å². The van der Waals surface area contributed by atoms with Crippen LogP contribution in [0.1, 0.15) is 0 Å². The number of halogens is 5. The molecule has 0 radical (unpaired) electrons. The van der Waals surface area contributed by atoms with E-state index in [1.54, 1.807) is 24.3 Å². The first-order chi connectivity index (χ1) is 9.00. The Morgan fingerprint density at radius 1 is 0.895 bits per heavy atom. The lowest BCUT2D eigenvalue weighted by atomic mass is 10.0. The molecule has 0 amide bonds. The monoisotopic (exact) mass is 322 g/mol. The molecule has 0 bridgehead atoms. The second kappa shape index (κ2) is 5.95. The van der Waals surface area contributed by atoms with Crippen LogP contribution < -0.4 is 4.74 Å². The van der Waals surface area contributed by atoms with Crippen molar-refractivity contribution in [3.05, 3.63) is 51.5 Å². The van der Waals surface area contributed by atoms with Crippen molar-refractivity contribution in [2.24, 2.45) is 0 Å². The predicted octanol–water partition coefficient (Wildman–Crippen LogP) is 5.92. The van der Waals surface area contributed by atoms with E-state index < -0.39 is 6.61 Å². The van der Waals surface area contributed by atoms with Crippen LogP contribution in [0.25, 0.3) is 11.1 Å². The van der Waals surface area contributed by atoms with Crippen LogP contribution in [0.2, 0.25) is 15.1 Å². The molecule has 0 saturated carbocycles. The van der Waals surface area contributed by atoms with E-state index in [4.69, 9.17) is 34.8 Å². The number of hydrogen-bond acceptors (Lipinski definition) is 1. The Morgan fingerprint density at radius 2 is 1.53 bits per heavy atom. The summed E-state index contributed by atoms with van der Waals surface area (Å²) in [7, 11) is 0. The molecule has 0 spiro atoms. The van der Waals surface area contributed by atoms with Crippen LogP contribution in [0.5, 0.6) is 5.75 Å². The van der Waals surface area contributed by atoms with Crippen LogP contribution in [0.3, 0.4) is 0 Å². The Bertz CT molecular complexity index is 602. The third kappa shape index (κ3) is 3.11. The molecule has 1 nitrogen and oxygen atoms in total. The molecule has 0 unspecified atom stereocenters. The van der Waals surface area contributed by atoms with Gasteiger partial charge in [0, 0.05) is 11.1 Å². The van der Waals surface area contributed by atoms with Gasteiger partial charge in [0.2, 0.25) is 0 Å². The van der Waals surface area contributed by atoms with Gasteiger partial charge in [-0.1, -0.05) is 53.0 Å². The molecule has 0 heterocycles. The van der Waals surface area contributed by atoms with Gasteiger partial charge < -0.3 is 4.74 Å². The molecule has 0 fully saturated rings. The zero-order chi connectivity index (χ0) is 14.0. The summed E-state index contributed by atoms with van der Waals surface area (Å²) in [6.07, 6.45) is 0. The van der Waals surface area contributed by atoms with Gasteiger partial charge in [-0.25, -0.2) is 0 Å². The van der Waals surface area contributed by atoms with Crippen molar-refractivity contribution in [2.75, 3.05) is 0 Å². The Morgan fingerprint density at radius 3 is 2.21 bits per heavy atom. The van der Waals surface area contributed by atoms with Crippen LogP contribution in [0.4, 0.5) is 8.78 Å². The van der Waals surface area contributed by atoms with Gasteiger partial charge in [-0.2, -0.15) is 8.78 Å². The van der Waals surface area contributed by atoms with Crippen molar-refractivity contribution in [1.82, 2.24) is 0 Å². The van der Waals surface area contributed by atoms with E-state index in [-0.39, 0.29) is 21.4 Å². The summed E-state index contributed by atoms with van der Waals surface area (Å²) < 4.78 is 29.3. The summed E-state index contributed by atoms with van der Waals surface area (Å²) >= 11 is 18.0.